The van der Waals surface area contributed by atoms with Crippen LogP contribution < -0.4 is 10.5 Å². The fourth-order valence-corrected chi connectivity index (χ4v) is 6.04. The first-order valence-corrected chi connectivity index (χ1v) is 13.2. The van der Waals surface area contributed by atoms with Gasteiger partial charge in [-0.15, -0.1) is 0 Å². The molecule has 0 bridgehead atoms. The predicted octanol–water partition coefficient (Wildman–Crippen LogP) is 4.48. The predicted molar refractivity (Wildman–Crippen MR) is 142 cm³/mol. The van der Waals surface area contributed by atoms with Gasteiger partial charge in [0.2, 0.25) is 5.91 Å². The Hall–Kier alpha value is -3.57. The number of aromatic nitrogens is 2. The second-order valence-corrected chi connectivity index (χ2v) is 10.8. The lowest BCUT2D eigenvalue weighted by Crippen LogP contribution is -2.36. The number of carbonyl (C=O) groups excluding carboxylic acids is 2. The monoisotopic (exact) mass is 575 g/mol. The average Bonchev–Trinajstić information content (AvgIpc) is 3.62. The molecule has 3 heterocycles. The zero-order valence-corrected chi connectivity index (χ0v) is 22.7. The van der Waals surface area contributed by atoms with Gasteiger partial charge in [0.25, 0.3) is 5.91 Å². The minimum atomic E-state index is -4.83. The zero-order chi connectivity index (χ0) is 28.8. The lowest BCUT2D eigenvalue weighted by atomic mass is 10.0. The van der Waals surface area contributed by atoms with Crippen LogP contribution in [0.3, 0.4) is 0 Å². The van der Waals surface area contributed by atoms with E-state index < -0.39 is 29.2 Å². The van der Waals surface area contributed by atoms with E-state index in [0.717, 1.165) is 17.3 Å². The van der Waals surface area contributed by atoms with E-state index in [2.05, 4.69) is 10.00 Å². The second-order valence-electron chi connectivity index (χ2n) is 10.4. The van der Waals surface area contributed by atoms with Crippen LogP contribution in [0, 0.1) is 18.8 Å². The van der Waals surface area contributed by atoms with Crippen LogP contribution in [-0.4, -0.2) is 64.7 Å². The van der Waals surface area contributed by atoms with Crippen LogP contribution in [0.5, 0.6) is 5.75 Å². The Balaban J connectivity index is 1.36. The molecule has 3 atom stereocenters. The zero-order valence-electron chi connectivity index (χ0n) is 22.0. The molecule has 2 aliphatic rings. The van der Waals surface area contributed by atoms with Gasteiger partial charge in [-0.1, -0.05) is 35.9 Å². The Morgan fingerprint density at radius 1 is 1.12 bits per heavy atom. The first-order valence-electron chi connectivity index (χ1n) is 12.8. The molecule has 212 valence electrons. The van der Waals surface area contributed by atoms with Gasteiger partial charge >= 0.3 is 6.18 Å². The van der Waals surface area contributed by atoms with Crippen LogP contribution >= 0.6 is 11.6 Å². The number of hydrogen-bond acceptors (Lipinski definition) is 5. The van der Waals surface area contributed by atoms with Crippen molar-refractivity contribution in [2.75, 3.05) is 33.3 Å². The Kier molecular flexibility index (Phi) is 7.54. The molecule has 0 spiro atoms. The number of halogens is 4. The van der Waals surface area contributed by atoms with Crippen molar-refractivity contribution in [1.82, 2.24) is 19.6 Å². The lowest BCUT2D eigenvalue weighted by Gasteiger charge is -2.29. The first-order chi connectivity index (χ1) is 19.0. The summed E-state index contributed by atoms with van der Waals surface area (Å²) in [6.45, 7) is 3.64. The number of likely N-dealkylation sites (tertiary alicyclic amines) is 2. The van der Waals surface area contributed by atoms with Gasteiger partial charge in [-0.2, -0.15) is 18.3 Å². The maximum absolute atomic E-state index is 14.3. The van der Waals surface area contributed by atoms with Gasteiger partial charge < -0.3 is 15.4 Å². The number of hydrogen-bond donors (Lipinski definition) is 1. The molecule has 2 aromatic carbocycles. The highest BCUT2D eigenvalue weighted by atomic mass is 35.5. The van der Waals surface area contributed by atoms with Crippen LogP contribution in [0.2, 0.25) is 5.02 Å². The van der Waals surface area contributed by atoms with Gasteiger partial charge in [0.15, 0.2) is 5.69 Å². The molecule has 3 aromatic rings. The number of amides is 2. The number of methoxy groups -OCH3 is 1. The number of para-hydroxylation sites is 2. The number of ether oxygens (including phenoxy) is 1. The maximum atomic E-state index is 14.3. The molecule has 2 amide bonds. The van der Waals surface area contributed by atoms with Crippen molar-refractivity contribution in [1.29, 1.82) is 0 Å². The summed E-state index contributed by atoms with van der Waals surface area (Å²) in [6, 6.07) is 11.6. The number of benzene rings is 2. The second kappa shape index (κ2) is 10.8. The summed E-state index contributed by atoms with van der Waals surface area (Å²) in [4.78, 5) is 29.0. The van der Waals surface area contributed by atoms with Crippen LogP contribution in [0.25, 0.3) is 5.69 Å². The third-order valence-corrected chi connectivity index (χ3v) is 8.21. The molecule has 12 heteroatoms. The summed E-state index contributed by atoms with van der Waals surface area (Å²) in [5, 5.41) is 4.54. The molecule has 0 saturated carbocycles. The van der Waals surface area contributed by atoms with Gasteiger partial charge in [-0.25, -0.2) is 4.68 Å². The standard InChI is InChI=1S/C28H29ClF3N5O3/c1-16-7-8-17(9-21(16)29)23(10-25(33)38)35-12-18-14-36(15-19(18)13-35)27(39)20-11-34-37(26(20)28(30,31)32)22-5-3-4-6-24(22)40-2/h3-9,11,18-19,23H,10,12-15H2,1-2H3,(H2,33,38). The fourth-order valence-electron chi connectivity index (χ4n) is 5.85. The van der Waals surface area contributed by atoms with E-state index >= 15 is 0 Å². The summed E-state index contributed by atoms with van der Waals surface area (Å²) in [5.74, 6) is -0.875. The summed E-state index contributed by atoms with van der Waals surface area (Å²) in [7, 11) is 1.36. The average molecular weight is 576 g/mol. The number of aryl methyl sites for hydroxylation is 1. The number of fused-ring (bicyclic) bond motifs is 1. The van der Waals surface area contributed by atoms with E-state index in [-0.39, 0.29) is 35.7 Å². The van der Waals surface area contributed by atoms with E-state index in [1.807, 2.05) is 25.1 Å². The number of alkyl halides is 3. The molecule has 2 saturated heterocycles. The number of nitrogens with two attached hydrogens (primary N) is 1. The third-order valence-electron chi connectivity index (χ3n) is 7.80. The van der Waals surface area contributed by atoms with Crippen LogP contribution in [-0.2, 0) is 11.0 Å². The van der Waals surface area contributed by atoms with Crippen molar-refractivity contribution in [3.05, 3.63) is 76.1 Å². The Bertz CT molecular complexity index is 1430. The maximum Gasteiger partial charge on any atom is 0.434 e. The number of primary amides is 1. The Labute approximate surface area is 234 Å². The molecular formula is C28H29ClF3N5O3. The minimum Gasteiger partial charge on any atom is -0.494 e. The van der Waals surface area contributed by atoms with E-state index in [9.17, 15) is 22.8 Å². The van der Waals surface area contributed by atoms with Gasteiger partial charge in [0.05, 0.1) is 18.9 Å². The highest BCUT2D eigenvalue weighted by Gasteiger charge is 2.47. The quantitative estimate of drug-likeness (QED) is 0.448. The van der Waals surface area contributed by atoms with E-state index in [1.165, 1.54) is 24.1 Å². The molecule has 0 radical (unpaired) electrons. The number of rotatable bonds is 7. The molecule has 8 nitrogen and oxygen atoms in total. The summed E-state index contributed by atoms with van der Waals surface area (Å²) in [5.41, 5.74) is 5.80. The minimum absolute atomic E-state index is 0.0406. The summed E-state index contributed by atoms with van der Waals surface area (Å²) < 4.78 is 48.8. The first kappa shape index (κ1) is 28.0. The van der Waals surface area contributed by atoms with Crippen molar-refractivity contribution < 1.29 is 27.5 Å². The fraction of sp³-hybridized carbons (Fsp3) is 0.393. The highest BCUT2D eigenvalue weighted by molar-refractivity contribution is 6.31. The van der Waals surface area contributed by atoms with Crippen molar-refractivity contribution >= 4 is 23.4 Å². The topological polar surface area (TPSA) is 93.7 Å². The lowest BCUT2D eigenvalue weighted by molar-refractivity contribution is -0.143. The molecule has 2 N–H and O–H groups in total. The molecule has 5 rings (SSSR count). The molecule has 3 unspecified atom stereocenters. The molecule has 40 heavy (non-hydrogen) atoms. The van der Waals surface area contributed by atoms with Crippen molar-refractivity contribution in [2.24, 2.45) is 17.6 Å². The van der Waals surface area contributed by atoms with Crippen LogP contribution in [0.15, 0.2) is 48.7 Å². The van der Waals surface area contributed by atoms with Crippen molar-refractivity contribution in [3.63, 3.8) is 0 Å². The smallest absolute Gasteiger partial charge is 0.434 e. The number of nitrogens with zero attached hydrogens (tertiary/aromatic N) is 4. The van der Waals surface area contributed by atoms with Gasteiger partial charge in [-0.05, 0) is 48.1 Å². The van der Waals surface area contributed by atoms with Crippen LogP contribution in [0.4, 0.5) is 13.2 Å². The molecule has 2 fully saturated rings. The largest absolute Gasteiger partial charge is 0.494 e. The Morgan fingerprint density at radius 2 is 1.80 bits per heavy atom. The van der Waals surface area contributed by atoms with Gasteiger partial charge in [0.1, 0.15) is 11.4 Å². The Morgan fingerprint density at radius 3 is 2.40 bits per heavy atom. The molecule has 0 aliphatic carbocycles. The van der Waals surface area contributed by atoms with Gasteiger partial charge in [0, 0.05) is 43.7 Å². The molecule has 2 aliphatic heterocycles. The number of carbonyl (C=O) groups is 2. The third kappa shape index (κ3) is 5.27. The molecule has 1 aromatic heterocycles. The SMILES string of the molecule is COc1ccccc1-n1ncc(C(=O)N2CC3CN(C(CC(N)=O)c4ccc(C)c(Cl)c4)CC3C2)c1C(F)(F)F. The summed E-state index contributed by atoms with van der Waals surface area (Å²) >= 11 is 6.34. The highest BCUT2D eigenvalue weighted by Crippen LogP contribution is 2.40. The normalized spacial score (nSPS) is 20.0. The van der Waals surface area contributed by atoms with Gasteiger partial charge in [-0.3, -0.25) is 14.5 Å². The van der Waals surface area contributed by atoms with Crippen LogP contribution in [0.1, 0.15) is 39.6 Å². The molecular weight excluding hydrogens is 547 g/mol. The van der Waals surface area contributed by atoms with E-state index in [0.29, 0.717) is 35.9 Å². The van der Waals surface area contributed by atoms with E-state index in [4.69, 9.17) is 22.1 Å². The van der Waals surface area contributed by atoms with Crippen molar-refractivity contribution in [3.8, 4) is 11.4 Å². The summed E-state index contributed by atoms with van der Waals surface area (Å²) in [6.07, 6.45) is -3.74. The van der Waals surface area contributed by atoms with Crippen molar-refractivity contribution in [2.45, 2.75) is 25.6 Å². The van der Waals surface area contributed by atoms with E-state index in [1.54, 1.807) is 12.1 Å².